The molecule has 7 nitrogen and oxygen atoms in total. The van der Waals surface area contributed by atoms with Gasteiger partial charge in [-0.05, 0) is 52.8 Å². The summed E-state index contributed by atoms with van der Waals surface area (Å²) in [6.07, 6.45) is 3.09. The Morgan fingerprint density at radius 3 is 2.42 bits per heavy atom. The highest BCUT2D eigenvalue weighted by atomic mass is 32.1. The molecule has 0 aliphatic rings. The van der Waals surface area contributed by atoms with E-state index < -0.39 is 11.8 Å². The van der Waals surface area contributed by atoms with Crippen LogP contribution >= 0.6 is 12.2 Å². The SMILES string of the molecule is COc1ccc(C(=O)NNC(=S)NC(=O)/C=C/c2cccc3ccccc23)cc1OC. The third-order valence-electron chi connectivity index (χ3n) is 4.41. The molecule has 0 heterocycles. The van der Waals surface area contributed by atoms with Crippen LogP contribution < -0.4 is 25.6 Å². The van der Waals surface area contributed by atoms with Crippen LogP contribution in [0.25, 0.3) is 16.8 Å². The number of amides is 2. The Balaban J connectivity index is 1.55. The van der Waals surface area contributed by atoms with Crippen LogP contribution in [0.4, 0.5) is 0 Å². The van der Waals surface area contributed by atoms with Crippen LogP contribution in [0.5, 0.6) is 11.5 Å². The summed E-state index contributed by atoms with van der Waals surface area (Å²) in [6.45, 7) is 0. The molecule has 0 fully saturated rings. The number of thiocarbonyl (C=S) groups is 1. The first kappa shape index (κ1) is 21.8. The molecule has 158 valence electrons. The number of nitrogens with one attached hydrogen (secondary N) is 3. The summed E-state index contributed by atoms with van der Waals surface area (Å²) in [4.78, 5) is 24.4. The van der Waals surface area contributed by atoms with E-state index in [-0.39, 0.29) is 5.11 Å². The maximum Gasteiger partial charge on any atom is 0.269 e. The van der Waals surface area contributed by atoms with Gasteiger partial charge in [-0.3, -0.25) is 25.8 Å². The van der Waals surface area contributed by atoms with Crippen molar-refractivity contribution in [3.63, 3.8) is 0 Å². The molecule has 0 saturated carbocycles. The van der Waals surface area contributed by atoms with E-state index in [0.717, 1.165) is 16.3 Å². The van der Waals surface area contributed by atoms with Gasteiger partial charge < -0.3 is 9.47 Å². The maximum absolute atomic E-state index is 12.3. The summed E-state index contributed by atoms with van der Waals surface area (Å²) >= 11 is 5.06. The van der Waals surface area contributed by atoms with Crippen molar-refractivity contribution in [3.05, 3.63) is 77.9 Å². The molecule has 3 N–H and O–H groups in total. The summed E-state index contributed by atoms with van der Waals surface area (Å²) in [6, 6.07) is 18.5. The lowest BCUT2D eigenvalue weighted by Crippen LogP contribution is -2.48. The topological polar surface area (TPSA) is 88.7 Å². The van der Waals surface area contributed by atoms with Crippen molar-refractivity contribution in [2.75, 3.05) is 14.2 Å². The highest BCUT2D eigenvalue weighted by Crippen LogP contribution is 2.27. The predicted molar refractivity (Wildman–Crippen MR) is 124 cm³/mol. The summed E-state index contributed by atoms with van der Waals surface area (Å²) in [5.41, 5.74) is 6.17. The fourth-order valence-electron chi connectivity index (χ4n) is 2.91. The number of methoxy groups -OCH3 is 2. The minimum atomic E-state index is -0.455. The number of benzene rings is 3. The lowest BCUT2D eigenvalue weighted by molar-refractivity contribution is -0.115. The highest BCUT2D eigenvalue weighted by Gasteiger charge is 2.11. The third-order valence-corrected chi connectivity index (χ3v) is 4.61. The lowest BCUT2D eigenvalue weighted by Gasteiger charge is -2.12. The zero-order valence-corrected chi connectivity index (χ0v) is 17.8. The van der Waals surface area contributed by atoms with E-state index in [0.29, 0.717) is 17.1 Å². The Bertz CT molecular complexity index is 1160. The molecule has 0 unspecified atom stereocenters. The fraction of sp³-hybridized carbons (Fsp3) is 0.0870. The van der Waals surface area contributed by atoms with E-state index >= 15 is 0 Å². The van der Waals surface area contributed by atoms with Crippen molar-refractivity contribution in [1.82, 2.24) is 16.2 Å². The molecule has 0 radical (unpaired) electrons. The van der Waals surface area contributed by atoms with Gasteiger partial charge in [-0.1, -0.05) is 42.5 Å². The van der Waals surface area contributed by atoms with Gasteiger partial charge in [-0.25, -0.2) is 0 Å². The quantitative estimate of drug-likeness (QED) is 0.324. The minimum absolute atomic E-state index is 0.0404. The van der Waals surface area contributed by atoms with Gasteiger partial charge in [-0.2, -0.15) is 0 Å². The van der Waals surface area contributed by atoms with Gasteiger partial charge in [0.1, 0.15) is 0 Å². The van der Waals surface area contributed by atoms with Crippen molar-refractivity contribution in [2.24, 2.45) is 0 Å². The molecule has 3 rings (SSSR count). The molecule has 3 aromatic carbocycles. The number of carbonyl (C=O) groups excluding carboxylic acids is 2. The molecule has 0 spiro atoms. The van der Waals surface area contributed by atoms with Crippen molar-refractivity contribution in [1.29, 1.82) is 0 Å². The molecule has 8 heteroatoms. The van der Waals surface area contributed by atoms with Crippen molar-refractivity contribution < 1.29 is 19.1 Å². The monoisotopic (exact) mass is 435 g/mol. The first-order valence-corrected chi connectivity index (χ1v) is 9.72. The molecule has 0 aromatic heterocycles. The number of hydrogen-bond donors (Lipinski definition) is 3. The second-order valence-electron chi connectivity index (χ2n) is 6.37. The number of hydrogen-bond acceptors (Lipinski definition) is 5. The Hall–Kier alpha value is -3.91. The number of fused-ring (bicyclic) bond motifs is 1. The van der Waals surface area contributed by atoms with Crippen LogP contribution in [0, 0.1) is 0 Å². The maximum atomic E-state index is 12.3. The second kappa shape index (κ2) is 10.2. The van der Waals surface area contributed by atoms with Crippen molar-refractivity contribution in [2.45, 2.75) is 0 Å². The number of hydrazine groups is 1. The summed E-state index contributed by atoms with van der Waals surface area (Å²) in [7, 11) is 2.99. The Morgan fingerprint density at radius 2 is 1.65 bits per heavy atom. The summed E-state index contributed by atoms with van der Waals surface area (Å²) in [5.74, 6) is 0.0482. The first-order chi connectivity index (χ1) is 15.0. The number of ether oxygens (including phenoxy) is 2. The van der Waals surface area contributed by atoms with Crippen LogP contribution in [0.3, 0.4) is 0 Å². The molecular formula is C23H21N3O4S. The summed E-state index contributed by atoms with van der Waals surface area (Å²) < 4.78 is 10.3. The number of rotatable bonds is 5. The molecule has 0 aliphatic carbocycles. The number of carbonyl (C=O) groups is 2. The lowest BCUT2D eigenvalue weighted by atomic mass is 10.0. The van der Waals surface area contributed by atoms with Crippen LogP contribution in [0.2, 0.25) is 0 Å². The van der Waals surface area contributed by atoms with Gasteiger partial charge in [0.2, 0.25) is 5.91 Å². The van der Waals surface area contributed by atoms with Crippen LogP contribution in [0.1, 0.15) is 15.9 Å². The molecule has 2 amide bonds. The normalized spacial score (nSPS) is 10.5. The average molecular weight is 436 g/mol. The van der Waals surface area contributed by atoms with Gasteiger partial charge in [-0.15, -0.1) is 0 Å². The second-order valence-corrected chi connectivity index (χ2v) is 6.78. The van der Waals surface area contributed by atoms with E-state index in [1.807, 2.05) is 42.5 Å². The Labute approximate surface area is 185 Å². The first-order valence-electron chi connectivity index (χ1n) is 9.31. The largest absolute Gasteiger partial charge is 0.493 e. The molecule has 3 aromatic rings. The van der Waals surface area contributed by atoms with E-state index in [1.54, 1.807) is 18.2 Å². The highest BCUT2D eigenvalue weighted by molar-refractivity contribution is 7.80. The smallest absolute Gasteiger partial charge is 0.269 e. The van der Waals surface area contributed by atoms with Crippen molar-refractivity contribution in [3.8, 4) is 11.5 Å². The standard InChI is InChI=1S/C23H21N3O4S/c1-29-19-12-10-17(14-20(19)30-2)22(28)25-26-23(31)24-21(27)13-11-16-8-5-7-15-6-3-4-9-18(15)16/h3-14H,1-2H3,(H,25,28)(H2,24,26,27,31)/b13-11+. The average Bonchev–Trinajstić information content (AvgIpc) is 2.80. The molecule has 0 saturated heterocycles. The van der Waals surface area contributed by atoms with Gasteiger partial charge in [0.25, 0.3) is 5.91 Å². The molecule has 0 aliphatic heterocycles. The van der Waals surface area contributed by atoms with E-state index in [9.17, 15) is 9.59 Å². The molecule has 0 atom stereocenters. The predicted octanol–water partition coefficient (Wildman–Crippen LogP) is 3.21. The Kier molecular flexibility index (Phi) is 7.18. The zero-order chi connectivity index (χ0) is 22.2. The Morgan fingerprint density at radius 1 is 0.903 bits per heavy atom. The van der Waals surface area contributed by atoms with E-state index in [2.05, 4.69) is 16.2 Å². The van der Waals surface area contributed by atoms with E-state index in [4.69, 9.17) is 21.7 Å². The van der Waals surface area contributed by atoms with Gasteiger partial charge in [0, 0.05) is 11.6 Å². The summed E-state index contributed by atoms with van der Waals surface area (Å²) in [5, 5.41) is 4.56. The van der Waals surface area contributed by atoms with Crippen LogP contribution in [-0.2, 0) is 4.79 Å². The van der Waals surface area contributed by atoms with Gasteiger partial charge >= 0.3 is 0 Å². The molecule has 0 bridgehead atoms. The molecular weight excluding hydrogens is 414 g/mol. The third kappa shape index (κ3) is 5.58. The fourth-order valence-corrected chi connectivity index (χ4v) is 3.06. The van der Waals surface area contributed by atoms with Gasteiger partial charge in [0.05, 0.1) is 14.2 Å². The van der Waals surface area contributed by atoms with Crippen LogP contribution in [0.15, 0.2) is 66.7 Å². The van der Waals surface area contributed by atoms with Gasteiger partial charge in [0.15, 0.2) is 16.6 Å². The van der Waals surface area contributed by atoms with E-state index in [1.165, 1.54) is 26.4 Å². The van der Waals surface area contributed by atoms with Crippen molar-refractivity contribution >= 4 is 46.0 Å². The molecule has 31 heavy (non-hydrogen) atoms. The zero-order valence-electron chi connectivity index (χ0n) is 17.0. The van der Waals surface area contributed by atoms with Crippen LogP contribution in [-0.4, -0.2) is 31.1 Å². The minimum Gasteiger partial charge on any atom is -0.493 e.